The minimum absolute atomic E-state index is 0.0719. The predicted molar refractivity (Wildman–Crippen MR) is 70.2 cm³/mol. The van der Waals surface area contributed by atoms with Gasteiger partial charge in [0.1, 0.15) is 5.82 Å². The first kappa shape index (κ1) is 12.1. The van der Waals surface area contributed by atoms with Crippen molar-refractivity contribution >= 4 is 11.6 Å². The van der Waals surface area contributed by atoms with E-state index in [0.29, 0.717) is 6.42 Å². The molecule has 0 radical (unpaired) electrons. The molecule has 1 aromatic carbocycles. The van der Waals surface area contributed by atoms with Crippen molar-refractivity contribution in [2.45, 2.75) is 25.6 Å². The molecule has 1 atom stereocenters. The molecule has 0 aliphatic heterocycles. The standard InChI is InChI=1S/C14H15ClN2/c1-10-8-11(2)17-14(16-10)9-13(15)12-6-4-3-5-7-12/h3-8,13H,9H2,1-2H3. The van der Waals surface area contributed by atoms with E-state index in [2.05, 4.69) is 9.97 Å². The van der Waals surface area contributed by atoms with Gasteiger partial charge in [0.25, 0.3) is 0 Å². The van der Waals surface area contributed by atoms with Crippen LogP contribution in [0.15, 0.2) is 36.4 Å². The summed E-state index contributed by atoms with van der Waals surface area (Å²) >= 11 is 6.37. The summed E-state index contributed by atoms with van der Waals surface area (Å²) in [5, 5.41) is -0.0719. The van der Waals surface area contributed by atoms with Crippen LogP contribution >= 0.6 is 11.6 Å². The number of alkyl halides is 1. The summed E-state index contributed by atoms with van der Waals surface area (Å²) in [6.45, 7) is 3.95. The van der Waals surface area contributed by atoms with Crippen molar-refractivity contribution in [2.24, 2.45) is 0 Å². The lowest BCUT2D eigenvalue weighted by Gasteiger charge is -2.09. The molecule has 0 spiro atoms. The Bertz CT molecular complexity index is 477. The zero-order chi connectivity index (χ0) is 12.3. The lowest BCUT2D eigenvalue weighted by Crippen LogP contribution is -2.03. The van der Waals surface area contributed by atoms with Crippen LogP contribution in [0, 0.1) is 13.8 Å². The van der Waals surface area contributed by atoms with Crippen LogP contribution in [-0.2, 0) is 6.42 Å². The molecule has 0 N–H and O–H groups in total. The first-order chi connectivity index (χ1) is 8.15. The lowest BCUT2D eigenvalue weighted by molar-refractivity contribution is 0.814. The third kappa shape index (κ3) is 3.27. The molecule has 0 amide bonds. The van der Waals surface area contributed by atoms with E-state index in [4.69, 9.17) is 11.6 Å². The summed E-state index contributed by atoms with van der Waals surface area (Å²) in [7, 11) is 0. The molecule has 88 valence electrons. The van der Waals surface area contributed by atoms with Gasteiger partial charge >= 0.3 is 0 Å². The van der Waals surface area contributed by atoms with Crippen LogP contribution in [-0.4, -0.2) is 9.97 Å². The number of rotatable bonds is 3. The van der Waals surface area contributed by atoms with Crippen LogP contribution in [0.5, 0.6) is 0 Å². The van der Waals surface area contributed by atoms with E-state index in [-0.39, 0.29) is 5.38 Å². The lowest BCUT2D eigenvalue weighted by atomic mass is 10.1. The maximum absolute atomic E-state index is 6.37. The van der Waals surface area contributed by atoms with Crippen molar-refractivity contribution in [1.82, 2.24) is 9.97 Å². The van der Waals surface area contributed by atoms with Gasteiger partial charge in [-0.3, -0.25) is 0 Å². The van der Waals surface area contributed by atoms with Crippen molar-refractivity contribution in [3.05, 3.63) is 59.2 Å². The number of hydrogen-bond acceptors (Lipinski definition) is 2. The minimum Gasteiger partial charge on any atom is -0.238 e. The monoisotopic (exact) mass is 246 g/mol. The zero-order valence-electron chi connectivity index (χ0n) is 10.0. The molecule has 0 aliphatic rings. The second-order valence-electron chi connectivity index (χ2n) is 4.15. The molecule has 0 saturated carbocycles. The van der Waals surface area contributed by atoms with Gasteiger partial charge in [0.15, 0.2) is 0 Å². The predicted octanol–water partition coefficient (Wildman–Crippen LogP) is 3.62. The van der Waals surface area contributed by atoms with Crippen LogP contribution in [0.4, 0.5) is 0 Å². The highest BCUT2D eigenvalue weighted by molar-refractivity contribution is 6.20. The highest BCUT2D eigenvalue weighted by atomic mass is 35.5. The van der Waals surface area contributed by atoms with Crippen molar-refractivity contribution in [3.8, 4) is 0 Å². The van der Waals surface area contributed by atoms with E-state index in [1.807, 2.05) is 50.2 Å². The van der Waals surface area contributed by atoms with Gasteiger partial charge in [-0.05, 0) is 25.5 Å². The fraction of sp³-hybridized carbons (Fsp3) is 0.286. The molecular weight excluding hydrogens is 232 g/mol. The van der Waals surface area contributed by atoms with Crippen LogP contribution < -0.4 is 0 Å². The van der Waals surface area contributed by atoms with Gasteiger partial charge in [-0.1, -0.05) is 30.3 Å². The van der Waals surface area contributed by atoms with Gasteiger partial charge in [0.2, 0.25) is 0 Å². The molecule has 2 nitrogen and oxygen atoms in total. The third-order valence-electron chi connectivity index (χ3n) is 2.55. The Balaban J connectivity index is 2.16. The van der Waals surface area contributed by atoms with Crippen LogP contribution in [0.25, 0.3) is 0 Å². The number of aryl methyl sites for hydroxylation is 2. The number of hydrogen-bond donors (Lipinski definition) is 0. The molecule has 0 saturated heterocycles. The molecule has 17 heavy (non-hydrogen) atoms. The number of halogens is 1. The van der Waals surface area contributed by atoms with Crippen molar-refractivity contribution in [3.63, 3.8) is 0 Å². The Kier molecular flexibility index (Phi) is 3.75. The molecular formula is C14H15ClN2. The smallest absolute Gasteiger partial charge is 0.130 e. The fourth-order valence-electron chi connectivity index (χ4n) is 1.83. The van der Waals surface area contributed by atoms with Gasteiger partial charge in [-0.25, -0.2) is 9.97 Å². The molecule has 1 unspecified atom stereocenters. The Morgan fingerprint density at radius 1 is 1.06 bits per heavy atom. The van der Waals surface area contributed by atoms with Gasteiger partial charge < -0.3 is 0 Å². The molecule has 0 aliphatic carbocycles. The van der Waals surface area contributed by atoms with Crippen LogP contribution in [0.2, 0.25) is 0 Å². The molecule has 2 aromatic rings. The summed E-state index contributed by atoms with van der Waals surface area (Å²) in [4.78, 5) is 8.81. The summed E-state index contributed by atoms with van der Waals surface area (Å²) in [6.07, 6.45) is 0.661. The summed E-state index contributed by atoms with van der Waals surface area (Å²) in [5.74, 6) is 0.811. The van der Waals surface area contributed by atoms with Gasteiger partial charge in [0.05, 0.1) is 5.38 Å². The molecule has 0 fully saturated rings. The Morgan fingerprint density at radius 3 is 2.24 bits per heavy atom. The Labute approximate surface area is 107 Å². The summed E-state index contributed by atoms with van der Waals surface area (Å²) < 4.78 is 0. The Hall–Kier alpha value is -1.41. The topological polar surface area (TPSA) is 25.8 Å². The second-order valence-corrected chi connectivity index (χ2v) is 4.68. The average molecular weight is 247 g/mol. The highest BCUT2D eigenvalue weighted by Crippen LogP contribution is 2.23. The van der Waals surface area contributed by atoms with Crippen molar-refractivity contribution in [2.75, 3.05) is 0 Å². The average Bonchev–Trinajstić information content (AvgIpc) is 2.28. The molecule has 0 bridgehead atoms. The second kappa shape index (κ2) is 5.28. The largest absolute Gasteiger partial charge is 0.238 e. The molecule has 2 rings (SSSR count). The molecule has 1 aromatic heterocycles. The third-order valence-corrected chi connectivity index (χ3v) is 2.96. The number of aromatic nitrogens is 2. The van der Waals surface area contributed by atoms with E-state index >= 15 is 0 Å². The van der Waals surface area contributed by atoms with Gasteiger partial charge in [-0.15, -0.1) is 11.6 Å². The van der Waals surface area contributed by atoms with Crippen molar-refractivity contribution in [1.29, 1.82) is 0 Å². The van der Waals surface area contributed by atoms with E-state index in [1.165, 1.54) is 0 Å². The fourth-order valence-corrected chi connectivity index (χ4v) is 2.11. The Morgan fingerprint density at radius 2 is 1.65 bits per heavy atom. The minimum atomic E-state index is -0.0719. The normalized spacial score (nSPS) is 12.4. The van der Waals surface area contributed by atoms with Crippen LogP contribution in [0.3, 0.4) is 0 Å². The number of benzene rings is 1. The van der Waals surface area contributed by atoms with E-state index in [9.17, 15) is 0 Å². The van der Waals surface area contributed by atoms with Gasteiger partial charge in [0, 0.05) is 17.8 Å². The van der Waals surface area contributed by atoms with E-state index in [1.54, 1.807) is 0 Å². The molecule has 1 heterocycles. The quantitative estimate of drug-likeness (QED) is 0.773. The first-order valence-corrected chi connectivity index (χ1v) is 6.09. The molecule has 3 heteroatoms. The first-order valence-electron chi connectivity index (χ1n) is 5.65. The highest BCUT2D eigenvalue weighted by Gasteiger charge is 2.10. The summed E-state index contributed by atoms with van der Waals surface area (Å²) in [5.41, 5.74) is 3.09. The number of nitrogens with zero attached hydrogens (tertiary/aromatic N) is 2. The van der Waals surface area contributed by atoms with E-state index in [0.717, 1.165) is 22.8 Å². The SMILES string of the molecule is Cc1cc(C)nc(CC(Cl)c2ccccc2)n1. The maximum atomic E-state index is 6.37. The van der Waals surface area contributed by atoms with Crippen molar-refractivity contribution < 1.29 is 0 Å². The van der Waals surface area contributed by atoms with E-state index < -0.39 is 0 Å². The van der Waals surface area contributed by atoms with Crippen LogP contribution in [0.1, 0.15) is 28.2 Å². The summed E-state index contributed by atoms with van der Waals surface area (Å²) in [6, 6.07) is 12.0. The van der Waals surface area contributed by atoms with Gasteiger partial charge in [-0.2, -0.15) is 0 Å². The zero-order valence-corrected chi connectivity index (χ0v) is 10.8. The maximum Gasteiger partial charge on any atom is 0.130 e.